The summed E-state index contributed by atoms with van der Waals surface area (Å²) in [4.78, 5) is 12.0. The molecule has 1 aliphatic rings. The fraction of sp³-hybridized carbons (Fsp3) is 0.588. The summed E-state index contributed by atoms with van der Waals surface area (Å²) in [5.74, 6) is 0.971. The van der Waals surface area contributed by atoms with Crippen LogP contribution in [0.5, 0.6) is 5.75 Å². The summed E-state index contributed by atoms with van der Waals surface area (Å²) in [5, 5.41) is 0. The fourth-order valence-electron chi connectivity index (χ4n) is 3.19. The molecule has 1 aromatic rings. The van der Waals surface area contributed by atoms with Gasteiger partial charge in [-0.3, -0.25) is 4.79 Å². The summed E-state index contributed by atoms with van der Waals surface area (Å²) < 4.78 is 18.6. The summed E-state index contributed by atoms with van der Waals surface area (Å²) in [5.41, 5.74) is 0.888. The summed E-state index contributed by atoms with van der Waals surface area (Å²) in [6.07, 6.45) is 5.69. The van der Waals surface area contributed by atoms with E-state index in [1.54, 1.807) is 6.07 Å². The Morgan fingerprint density at radius 3 is 2.85 bits per heavy atom. The molecule has 1 aromatic carbocycles. The second-order valence-corrected chi connectivity index (χ2v) is 5.77. The Balaban J connectivity index is 2.03. The van der Waals surface area contributed by atoms with Gasteiger partial charge >= 0.3 is 0 Å². The van der Waals surface area contributed by atoms with Gasteiger partial charge < -0.3 is 4.74 Å². The lowest BCUT2D eigenvalue weighted by atomic mass is 9.76. The molecule has 2 atom stereocenters. The van der Waals surface area contributed by atoms with Crippen LogP contribution < -0.4 is 4.74 Å². The molecule has 0 spiro atoms. The molecule has 0 aliphatic heterocycles. The largest absolute Gasteiger partial charge is 0.494 e. The molecule has 0 N–H and O–H groups in total. The van der Waals surface area contributed by atoms with Crippen molar-refractivity contribution in [2.45, 2.75) is 45.4 Å². The standard InChI is InChI=1S/C17H23FO2/c1-3-4-12-5-7-16(19)14(9-12)10-13-6-8-17(20-2)15(18)11-13/h6,8,11-12,14H,3-5,7,9-10H2,1-2H3. The van der Waals surface area contributed by atoms with Crippen molar-refractivity contribution >= 4 is 5.78 Å². The average Bonchev–Trinajstić information content (AvgIpc) is 2.43. The van der Waals surface area contributed by atoms with Gasteiger partial charge in [-0.15, -0.1) is 0 Å². The number of hydrogen-bond acceptors (Lipinski definition) is 2. The first kappa shape index (κ1) is 15.0. The van der Waals surface area contributed by atoms with E-state index in [9.17, 15) is 9.18 Å². The molecule has 0 saturated heterocycles. The molecular formula is C17H23FO2. The zero-order chi connectivity index (χ0) is 14.5. The van der Waals surface area contributed by atoms with Gasteiger partial charge in [0.2, 0.25) is 0 Å². The molecule has 2 nitrogen and oxygen atoms in total. The summed E-state index contributed by atoms with van der Waals surface area (Å²) in [6, 6.07) is 5.00. The molecule has 0 amide bonds. The number of ketones is 1. The second-order valence-electron chi connectivity index (χ2n) is 5.77. The van der Waals surface area contributed by atoms with E-state index in [2.05, 4.69) is 6.92 Å². The first-order chi connectivity index (χ1) is 9.63. The summed E-state index contributed by atoms with van der Waals surface area (Å²) >= 11 is 0. The van der Waals surface area contributed by atoms with Crippen molar-refractivity contribution in [3.63, 3.8) is 0 Å². The Morgan fingerprint density at radius 2 is 2.20 bits per heavy atom. The molecule has 2 unspecified atom stereocenters. The van der Waals surface area contributed by atoms with E-state index in [0.717, 1.165) is 18.4 Å². The summed E-state index contributed by atoms with van der Waals surface area (Å²) in [6.45, 7) is 2.18. The van der Waals surface area contributed by atoms with Gasteiger partial charge in [0.1, 0.15) is 5.78 Å². The number of Topliss-reactive ketones (excluding diaryl/α,β-unsaturated/α-hetero) is 1. The van der Waals surface area contributed by atoms with Gasteiger partial charge in [-0.05, 0) is 42.9 Å². The highest BCUT2D eigenvalue weighted by atomic mass is 19.1. The van der Waals surface area contributed by atoms with Crippen LogP contribution in [0.25, 0.3) is 0 Å². The molecule has 1 aliphatic carbocycles. The molecule has 0 radical (unpaired) electrons. The van der Waals surface area contributed by atoms with Crippen molar-refractivity contribution in [3.8, 4) is 5.75 Å². The van der Waals surface area contributed by atoms with E-state index in [4.69, 9.17) is 4.74 Å². The number of halogens is 1. The van der Waals surface area contributed by atoms with Gasteiger partial charge in [0.25, 0.3) is 0 Å². The quantitative estimate of drug-likeness (QED) is 0.808. The SMILES string of the molecule is CCCC1CCC(=O)C(Cc2ccc(OC)c(F)c2)C1. The molecule has 1 saturated carbocycles. The highest BCUT2D eigenvalue weighted by molar-refractivity contribution is 5.82. The Kier molecular flexibility index (Phi) is 5.16. The number of hydrogen-bond donors (Lipinski definition) is 0. The molecule has 0 aromatic heterocycles. The molecule has 20 heavy (non-hydrogen) atoms. The minimum Gasteiger partial charge on any atom is -0.494 e. The van der Waals surface area contributed by atoms with Crippen molar-refractivity contribution in [1.82, 2.24) is 0 Å². The normalized spacial score (nSPS) is 22.9. The molecule has 1 fully saturated rings. The first-order valence-corrected chi connectivity index (χ1v) is 7.49. The number of ether oxygens (including phenoxy) is 1. The van der Waals surface area contributed by atoms with Crippen molar-refractivity contribution < 1.29 is 13.9 Å². The monoisotopic (exact) mass is 278 g/mol. The van der Waals surface area contributed by atoms with E-state index >= 15 is 0 Å². The Labute approximate surface area is 120 Å². The third-order valence-electron chi connectivity index (χ3n) is 4.27. The molecule has 110 valence electrons. The van der Waals surface area contributed by atoms with Crippen LogP contribution in [0.1, 0.15) is 44.6 Å². The van der Waals surface area contributed by atoms with E-state index in [1.165, 1.54) is 26.0 Å². The maximum absolute atomic E-state index is 13.7. The van der Waals surface area contributed by atoms with Crippen LogP contribution in [0.15, 0.2) is 18.2 Å². The molecule has 2 rings (SSSR count). The lowest BCUT2D eigenvalue weighted by Crippen LogP contribution is -2.26. The van der Waals surface area contributed by atoms with Crippen LogP contribution in [0.3, 0.4) is 0 Å². The third-order valence-corrected chi connectivity index (χ3v) is 4.27. The lowest BCUT2D eigenvalue weighted by molar-refractivity contribution is -0.125. The van der Waals surface area contributed by atoms with Crippen molar-refractivity contribution in [2.24, 2.45) is 11.8 Å². The second kappa shape index (κ2) is 6.87. The highest BCUT2D eigenvalue weighted by Crippen LogP contribution is 2.32. The smallest absolute Gasteiger partial charge is 0.165 e. The van der Waals surface area contributed by atoms with Crippen LogP contribution in [0, 0.1) is 17.7 Å². The number of carbonyl (C=O) groups excluding carboxylic acids is 1. The van der Waals surface area contributed by atoms with Gasteiger partial charge in [0.15, 0.2) is 11.6 Å². The van der Waals surface area contributed by atoms with Crippen LogP contribution in [0.4, 0.5) is 4.39 Å². The first-order valence-electron chi connectivity index (χ1n) is 7.49. The minimum atomic E-state index is -0.349. The van der Waals surface area contributed by atoms with Crippen molar-refractivity contribution in [3.05, 3.63) is 29.6 Å². The van der Waals surface area contributed by atoms with Gasteiger partial charge in [-0.25, -0.2) is 4.39 Å². The molecule has 3 heteroatoms. The molecular weight excluding hydrogens is 255 g/mol. The number of carbonyl (C=O) groups is 1. The predicted molar refractivity (Wildman–Crippen MR) is 77.4 cm³/mol. The fourth-order valence-corrected chi connectivity index (χ4v) is 3.19. The average molecular weight is 278 g/mol. The van der Waals surface area contributed by atoms with Crippen molar-refractivity contribution in [1.29, 1.82) is 0 Å². The van der Waals surface area contributed by atoms with E-state index in [-0.39, 0.29) is 17.5 Å². The summed E-state index contributed by atoms with van der Waals surface area (Å²) in [7, 11) is 1.46. The number of methoxy groups -OCH3 is 1. The van der Waals surface area contributed by atoms with Crippen LogP contribution in [0.2, 0.25) is 0 Å². The van der Waals surface area contributed by atoms with E-state index < -0.39 is 0 Å². The van der Waals surface area contributed by atoms with E-state index in [0.29, 0.717) is 24.5 Å². The van der Waals surface area contributed by atoms with Gasteiger partial charge in [-0.1, -0.05) is 25.8 Å². The van der Waals surface area contributed by atoms with Crippen LogP contribution in [-0.2, 0) is 11.2 Å². The maximum atomic E-state index is 13.7. The van der Waals surface area contributed by atoms with Gasteiger partial charge in [0, 0.05) is 12.3 Å². The van der Waals surface area contributed by atoms with E-state index in [1.807, 2.05) is 6.07 Å². The van der Waals surface area contributed by atoms with Crippen LogP contribution >= 0.6 is 0 Å². The minimum absolute atomic E-state index is 0.0631. The zero-order valence-electron chi connectivity index (χ0n) is 12.3. The predicted octanol–water partition coefficient (Wildman–Crippen LogP) is 4.16. The molecule has 0 bridgehead atoms. The topological polar surface area (TPSA) is 26.3 Å². The zero-order valence-corrected chi connectivity index (χ0v) is 12.3. The van der Waals surface area contributed by atoms with Crippen molar-refractivity contribution in [2.75, 3.05) is 7.11 Å². The lowest BCUT2D eigenvalue weighted by Gasteiger charge is -2.28. The van der Waals surface area contributed by atoms with Crippen LogP contribution in [-0.4, -0.2) is 12.9 Å². The number of rotatable bonds is 5. The van der Waals surface area contributed by atoms with Gasteiger partial charge in [0.05, 0.1) is 7.11 Å². The Hall–Kier alpha value is -1.38. The molecule has 0 heterocycles. The highest BCUT2D eigenvalue weighted by Gasteiger charge is 2.28. The Bertz CT molecular complexity index is 470. The maximum Gasteiger partial charge on any atom is 0.165 e. The third kappa shape index (κ3) is 3.59. The Morgan fingerprint density at radius 1 is 1.40 bits per heavy atom. The van der Waals surface area contributed by atoms with Gasteiger partial charge in [-0.2, -0.15) is 0 Å². The number of benzene rings is 1.